The highest BCUT2D eigenvalue weighted by molar-refractivity contribution is 6.39. The number of amides is 1. The number of benzene rings is 1. The first-order valence-corrected chi connectivity index (χ1v) is 6.46. The first-order valence-electron chi connectivity index (χ1n) is 6.09. The molecule has 0 bridgehead atoms. The fourth-order valence-corrected chi connectivity index (χ4v) is 2.48. The predicted molar refractivity (Wildman–Crippen MR) is 75.3 cm³/mol. The van der Waals surface area contributed by atoms with Crippen molar-refractivity contribution in [3.8, 4) is 0 Å². The summed E-state index contributed by atoms with van der Waals surface area (Å²) in [5.41, 5.74) is 2.34. The van der Waals surface area contributed by atoms with Crippen LogP contribution in [-0.4, -0.2) is 29.9 Å². The molecule has 0 spiro atoms. The number of hydrogen-bond acceptors (Lipinski definition) is 5. The number of amidine groups is 1. The molecule has 0 aliphatic carbocycles. The van der Waals surface area contributed by atoms with Gasteiger partial charge in [0.15, 0.2) is 5.84 Å². The summed E-state index contributed by atoms with van der Waals surface area (Å²) in [5, 5.41) is 5.75. The molecule has 6 nitrogen and oxygen atoms in total. The van der Waals surface area contributed by atoms with E-state index in [0.29, 0.717) is 0 Å². The molecular weight excluding hydrogens is 323 g/mol. The second-order valence-electron chi connectivity index (χ2n) is 4.70. The largest absolute Gasteiger partial charge is 0.453 e. The van der Waals surface area contributed by atoms with Crippen LogP contribution in [0.1, 0.15) is 6.92 Å². The van der Waals surface area contributed by atoms with E-state index < -0.39 is 17.9 Å². The average molecular weight is 332 g/mol. The monoisotopic (exact) mass is 331 g/mol. The van der Waals surface area contributed by atoms with Gasteiger partial charge < -0.3 is 5.32 Å². The highest BCUT2D eigenvalue weighted by Crippen LogP contribution is 2.43. The number of fused-ring (bicyclic) bond motifs is 3. The van der Waals surface area contributed by atoms with E-state index in [1.807, 2.05) is 10.7 Å². The first-order chi connectivity index (χ1) is 10.2. The van der Waals surface area contributed by atoms with Crippen molar-refractivity contribution in [3.63, 3.8) is 0 Å². The van der Waals surface area contributed by atoms with Crippen LogP contribution in [0.15, 0.2) is 28.3 Å². The molecule has 2 heterocycles. The van der Waals surface area contributed by atoms with Crippen molar-refractivity contribution in [3.05, 3.63) is 23.2 Å². The van der Waals surface area contributed by atoms with E-state index in [9.17, 15) is 18.0 Å². The SMILES string of the molecule is CC(=O)NC1(C(F)(F)F)NN=C2C=Nc3ccc(Cl)cc3N21. The van der Waals surface area contributed by atoms with Gasteiger partial charge in [-0.2, -0.15) is 18.3 Å². The molecular formula is C12H9ClF3N5O. The first kappa shape index (κ1) is 14.6. The predicted octanol–water partition coefficient (Wildman–Crippen LogP) is 2.13. The van der Waals surface area contributed by atoms with Crippen LogP contribution in [0.5, 0.6) is 0 Å². The molecule has 2 N–H and O–H groups in total. The van der Waals surface area contributed by atoms with Crippen molar-refractivity contribution in [2.75, 3.05) is 4.90 Å². The maximum absolute atomic E-state index is 13.7. The zero-order valence-corrected chi connectivity index (χ0v) is 11.8. The molecule has 2 aliphatic heterocycles. The molecule has 10 heteroatoms. The van der Waals surface area contributed by atoms with Crippen LogP contribution in [0.25, 0.3) is 0 Å². The molecule has 1 atom stereocenters. The minimum Gasteiger partial charge on any atom is -0.307 e. The summed E-state index contributed by atoms with van der Waals surface area (Å²) in [7, 11) is 0. The Labute approximate surface area is 127 Å². The van der Waals surface area contributed by atoms with E-state index in [1.54, 1.807) is 0 Å². The number of alkyl halides is 3. The van der Waals surface area contributed by atoms with Crippen molar-refractivity contribution >= 4 is 40.9 Å². The van der Waals surface area contributed by atoms with Crippen LogP contribution in [0.4, 0.5) is 24.5 Å². The van der Waals surface area contributed by atoms with Gasteiger partial charge in [0.2, 0.25) is 5.91 Å². The van der Waals surface area contributed by atoms with Gasteiger partial charge in [-0.05, 0) is 18.2 Å². The fraction of sp³-hybridized carbons (Fsp3) is 0.250. The Morgan fingerprint density at radius 3 is 2.82 bits per heavy atom. The Morgan fingerprint density at radius 2 is 2.18 bits per heavy atom. The number of carbonyl (C=O) groups is 1. The summed E-state index contributed by atoms with van der Waals surface area (Å²) in [4.78, 5) is 16.2. The third kappa shape index (κ3) is 2.00. The van der Waals surface area contributed by atoms with E-state index in [-0.39, 0.29) is 22.2 Å². The molecule has 116 valence electrons. The van der Waals surface area contributed by atoms with Crippen molar-refractivity contribution in [1.82, 2.24) is 10.7 Å². The molecule has 0 fully saturated rings. The molecule has 0 saturated heterocycles. The van der Waals surface area contributed by atoms with E-state index in [1.165, 1.54) is 24.4 Å². The van der Waals surface area contributed by atoms with Crippen LogP contribution in [-0.2, 0) is 4.79 Å². The average Bonchev–Trinajstić information content (AvgIpc) is 2.78. The summed E-state index contributed by atoms with van der Waals surface area (Å²) in [6.07, 6.45) is -3.67. The maximum atomic E-state index is 13.7. The van der Waals surface area contributed by atoms with Crippen molar-refractivity contribution in [2.24, 2.45) is 10.1 Å². The zero-order valence-electron chi connectivity index (χ0n) is 11.1. The molecule has 0 saturated carbocycles. The molecule has 1 aromatic rings. The molecule has 3 rings (SSSR count). The van der Waals surface area contributed by atoms with Gasteiger partial charge >= 0.3 is 12.0 Å². The van der Waals surface area contributed by atoms with Crippen molar-refractivity contribution in [2.45, 2.75) is 18.9 Å². The summed E-state index contributed by atoms with van der Waals surface area (Å²) in [6.45, 7) is 0.990. The van der Waals surface area contributed by atoms with E-state index in [2.05, 4.69) is 10.1 Å². The second-order valence-corrected chi connectivity index (χ2v) is 5.13. The van der Waals surface area contributed by atoms with Crippen molar-refractivity contribution < 1.29 is 18.0 Å². The maximum Gasteiger partial charge on any atom is 0.453 e. The van der Waals surface area contributed by atoms with Gasteiger partial charge in [0.25, 0.3) is 0 Å². The number of hydrogen-bond donors (Lipinski definition) is 2. The molecule has 0 aromatic heterocycles. The third-order valence-electron chi connectivity index (χ3n) is 3.16. The van der Waals surface area contributed by atoms with Gasteiger partial charge in [0.05, 0.1) is 17.6 Å². The highest BCUT2D eigenvalue weighted by atomic mass is 35.5. The normalized spacial score (nSPS) is 22.6. The minimum atomic E-state index is -4.85. The number of halogens is 4. The second kappa shape index (κ2) is 4.60. The Hall–Kier alpha value is -2.29. The Balaban J connectivity index is 2.20. The summed E-state index contributed by atoms with van der Waals surface area (Å²) in [6, 6.07) is 4.33. The van der Waals surface area contributed by atoms with Gasteiger partial charge in [-0.1, -0.05) is 11.6 Å². The lowest BCUT2D eigenvalue weighted by molar-refractivity contribution is -0.202. The summed E-state index contributed by atoms with van der Waals surface area (Å²) in [5.74, 6) is -3.84. The number of nitrogens with one attached hydrogen (secondary N) is 2. The van der Waals surface area contributed by atoms with E-state index >= 15 is 0 Å². The lowest BCUT2D eigenvalue weighted by Gasteiger charge is -2.41. The number of nitrogens with zero attached hydrogens (tertiary/aromatic N) is 3. The highest BCUT2D eigenvalue weighted by Gasteiger charge is 2.65. The standard InChI is InChI=1S/C12H9ClF3N5O/c1-6(22)18-12(11(14,15)16)20-19-10-5-17-8-3-2-7(13)4-9(8)21(10)12/h2-5,20H,1H3,(H,18,22). The van der Waals surface area contributed by atoms with Crippen LogP contribution in [0.2, 0.25) is 5.02 Å². The van der Waals surface area contributed by atoms with Gasteiger partial charge in [-0.15, -0.1) is 0 Å². The topological polar surface area (TPSA) is 69.1 Å². The number of rotatable bonds is 1. The third-order valence-corrected chi connectivity index (χ3v) is 3.40. The van der Waals surface area contributed by atoms with E-state index in [0.717, 1.165) is 11.8 Å². The number of carbonyl (C=O) groups excluding carboxylic acids is 1. The number of anilines is 1. The molecule has 1 amide bonds. The fourth-order valence-electron chi connectivity index (χ4n) is 2.31. The van der Waals surface area contributed by atoms with Gasteiger partial charge in [-0.3, -0.25) is 20.1 Å². The zero-order chi connectivity index (χ0) is 16.1. The lowest BCUT2D eigenvalue weighted by Crippen LogP contribution is -2.73. The number of hydrazone groups is 1. The van der Waals surface area contributed by atoms with Crippen LogP contribution >= 0.6 is 11.6 Å². The minimum absolute atomic E-state index is 0.0826. The van der Waals surface area contributed by atoms with Crippen LogP contribution in [0, 0.1) is 0 Å². The molecule has 1 unspecified atom stereocenters. The quantitative estimate of drug-likeness (QED) is 0.828. The van der Waals surface area contributed by atoms with Crippen LogP contribution in [0.3, 0.4) is 0 Å². The smallest absolute Gasteiger partial charge is 0.307 e. The Kier molecular flexibility index (Phi) is 3.06. The van der Waals surface area contributed by atoms with Gasteiger partial charge in [-0.25, -0.2) is 0 Å². The van der Waals surface area contributed by atoms with Gasteiger partial charge in [0, 0.05) is 11.9 Å². The van der Waals surface area contributed by atoms with Crippen LogP contribution < -0.4 is 15.6 Å². The molecule has 0 radical (unpaired) electrons. The van der Waals surface area contributed by atoms with E-state index in [4.69, 9.17) is 11.6 Å². The van der Waals surface area contributed by atoms with Gasteiger partial charge in [0.1, 0.15) is 0 Å². The summed E-state index contributed by atoms with van der Waals surface area (Å²) >= 11 is 5.87. The molecule has 1 aromatic carbocycles. The number of aliphatic imine (C=N–C) groups is 1. The lowest BCUT2D eigenvalue weighted by atomic mass is 10.1. The molecule has 22 heavy (non-hydrogen) atoms. The Bertz CT molecular complexity index is 717. The Morgan fingerprint density at radius 1 is 1.45 bits per heavy atom. The molecule has 2 aliphatic rings. The van der Waals surface area contributed by atoms with Crippen molar-refractivity contribution in [1.29, 1.82) is 0 Å². The summed E-state index contributed by atoms with van der Waals surface area (Å²) < 4.78 is 41.0.